The number of halogens is 2. The van der Waals surface area contributed by atoms with Gasteiger partial charge in [-0.15, -0.1) is 0 Å². The fourth-order valence-electron chi connectivity index (χ4n) is 2.54. The summed E-state index contributed by atoms with van der Waals surface area (Å²) in [6, 6.07) is 9.08. The van der Waals surface area contributed by atoms with E-state index in [4.69, 9.17) is 16.3 Å². The molecular weight excluding hydrogens is 395 g/mol. The average Bonchev–Trinajstić information content (AvgIpc) is 2.60. The van der Waals surface area contributed by atoms with Crippen molar-refractivity contribution in [1.82, 2.24) is 5.32 Å². The number of nitrogens with one attached hydrogen (secondary N) is 1. The van der Waals surface area contributed by atoms with E-state index in [9.17, 15) is 17.6 Å². The van der Waals surface area contributed by atoms with Crippen molar-refractivity contribution in [2.45, 2.75) is 19.5 Å². The standard InChI is InChI=1S/C18H20ClFN2O4S/c1-12(18(23)21-11-13-4-6-14(20)7-5-13)22(27(3,24)25)15-8-9-17(26-2)16(19)10-15/h4-10,12H,11H2,1-3H3,(H,21,23)/t12-/m0/s1. The number of hydrogen-bond acceptors (Lipinski definition) is 4. The number of sulfonamides is 1. The molecule has 146 valence electrons. The maximum Gasteiger partial charge on any atom is 0.243 e. The average molecular weight is 415 g/mol. The van der Waals surface area contributed by atoms with Crippen molar-refractivity contribution in [2.24, 2.45) is 0 Å². The lowest BCUT2D eigenvalue weighted by molar-refractivity contribution is -0.122. The predicted molar refractivity (Wildman–Crippen MR) is 103 cm³/mol. The van der Waals surface area contributed by atoms with Crippen molar-refractivity contribution in [3.05, 3.63) is 58.9 Å². The molecule has 0 aromatic heterocycles. The molecule has 0 aliphatic rings. The summed E-state index contributed by atoms with van der Waals surface area (Å²) in [5, 5.41) is 2.88. The number of anilines is 1. The number of amides is 1. The van der Waals surface area contributed by atoms with Crippen LogP contribution < -0.4 is 14.4 Å². The molecule has 1 amide bonds. The van der Waals surface area contributed by atoms with Crippen LogP contribution in [0.4, 0.5) is 10.1 Å². The van der Waals surface area contributed by atoms with E-state index >= 15 is 0 Å². The smallest absolute Gasteiger partial charge is 0.243 e. The normalized spacial score (nSPS) is 12.3. The van der Waals surface area contributed by atoms with Crippen molar-refractivity contribution in [1.29, 1.82) is 0 Å². The zero-order chi connectivity index (χ0) is 20.2. The molecule has 6 nitrogen and oxygen atoms in total. The molecule has 1 N–H and O–H groups in total. The van der Waals surface area contributed by atoms with Gasteiger partial charge in [-0.05, 0) is 42.8 Å². The van der Waals surface area contributed by atoms with Gasteiger partial charge in [0.2, 0.25) is 15.9 Å². The van der Waals surface area contributed by atoms with E-state index in [0.717, 1.165) is 10.6 Å². The van der Waals surface area contributed by atoms with Gasteiger partial charge in [-0.2, -0.15) is 0 Å². The minimum Gasteiger partial charge on any atom is -0.495 e. The van der Waals surface area contributed by atoms with Crippen LogP contribution in [0, 0.1) is 5.82 Å². The van der Waals surface area contributed by atoms with Gasteiger partial charge in [0.05, 0.1) is 24.1 Å². The molecule has 1 atom stereocenters. The van der Waals surface area contributed by atoms with Crippen LogP contribution in [-0.4, -0.2) is 33.7 Å². The fourth-order valence-corrected chi connectivity index (χ4v) is 3.96. The van der Waals surface area contributed by atoms with Crippen LogP contribution in [0.15, 0.2) is 42.5 Å². The Kier molecular flexibility index (Phi) is 6.67. The molecule has 0 spiro atoms. The number of benzene rings is 2. The summed E-state index contributed by atoms with van der Waals surface area (Å²) in [6.45, 7) is 1.61. The van der Waals surface area contributed by atoms with Crippen molar-refractivity contribution >= 4 is 33.2 Å². The van der Waals surface area contributed by atoms with Crippen LogP contribution >= 0.6 is 11.6 Å². The third kappa shape index (κ3) is 5.33. The molecule has 0 bridgehead atoms. The quantitative estimate of drug-likeness (QED) is 0.755. The van der Waals surface area contributed by atoms with E-state index < -0.39 is 22.0 Å². The van der Waals surface area contributed by atoms with Gasteiger partial charge in [-0.1, -0.05) is 23.7 Å². The van der Waals surface area contributed by atoms with Crippen LogP contribution in [-0.2, 0) is 21.4 Å². The number of carbonyl (C=O) groups is 1. The van der Waals surface area contributed by atoms with Gasteiger partial charge in [-0.3, -0.25) is 9.10 Å². The molecule has 2 aromatic rings. The largest absolute Gasteiger partial charge is 0.495 e. The summed E-state index contributed by atoms with van der Waals surface area (Å²) in [6.07, 6.45) is 1.01. The predicted octanol–water partition coefficient (Wildman–Crippen LogP) is 2.96. The third-order valence-electron chi connectivity index (χ3n) is 3.86. The fraction of sp³-hybridized carbons (Fsp3) is 0.278. The topological polar surface area (TPSA) is 75.7 Å². The van der Waals surface area contributed by atoms with E-state index in [-0.39, 0.29) is 23.1 Å². The van der Waals surface area contributed by atoms with Crippen LogP contribution in [0.2, 0.25) is 5.02 Å². The first kappa shape index (κ1) is 21.0. The second-order valence-corrected chi connectivity index (χ2v) is 8.16. The molecule has 0 aliphatic heterocycles. The second kappa shape index (κ2) is 8.58. The number of hydrogen-bond donors (Lipinski definition) is 1. The van der Waals surface area contributed by atoms with Crippen molar-refractivity contribution in [3.8, 4) is 5.75 Å². The van der Waals surface area contributed by atoms with Crippen molar-refractivity contribution in [3.63, 3.8) is 0 Å². The summed E-state index contributed by atoms with van der Waals surface area (Å²) in [4.78, 5) is 12.5. The SMILES string of the molecule is COc1ccc(N([C@@H](C)C(=O)NCc2ccc(F)cc2)S(C)(=O)=O)cc1Cl. The highest BCUT2D eigenvalue weighted by Crippen LogP contribution is 2.31. The second-order valence-electron chi connectivity index (χ2n) is 5.90. The molecule has 0 saturated carbocycles. The molecule has 0 heterocycles. The number of methoxy groups -OCH3 is 1. The summed E-state index contributed by atoms with van der Waals surface area (Å²) in [5.41, 5.74) is 0.933. The molecule has 0 unspecified atom stereocenters. The first-order valence-corrected chi connectivity index (χ1v) is 10.2. The Bertz CT molecular complexity index is 919. The Labute approximate surface area is 162 Å². The van der Waals surface area contributed by atoms with Crippen LogP contribution in [0.5, 0.6) is 5.75 Å². The molecular formula is C18H20ClFN2O4S. The van der Waals surface area contributed by atoms with Crippen LogP contribution in [0.1, 0.15) is 12.5 Å². The first-order chi connectivity index (χ1) is 12.6. The van der Waals surface area contributed by atoms with Gasteiger partial charge < -0.3 is 10.1 Å². The van der Waals surface area contributed by atoms with Gasteiger partial charge in [0.25, 0.3) is 0 Å². The molecule has 0 fully saturated rings. The lowest BCUT2D eigenvalue weighted by Gasteiger charge is -2.28. The van der Waals surface area contributed by atoms with Gasteiger partial charge in [0, 0.05) is 6.54 Å². The van der Waals surface area contributed by atoms with E-state index in [1.807, 2.05) is 0 Å². The molecule has 2 aromatic carbocycles. The Morgan fingerprint density at radius 1 is 1.26 bits per heavy atom. The molecule has 0 saturated heterocycles. The molecule has 0 radical (unpaired) electrons. The molecule has 9 heteroatoms. The first-order valence-electron chi connectivity index (χ1n) is 7.98. The zero-order valence-electron chi connectivity index (χ0n) is 15.1. The van der Waals surface area contributed by atoms with E-state index in [1.165, 1.54) is 56.5 Å². The highest BCUT2D eigenvalue weighted by molar-refractivity contribution is 7.92. The number of ether oxygens (including phenoxy) is 1. The number of nitrogens with zero attached hydrogens (tertiary/aromatic N) is 1. The summed E-state index contributed by atoms with van der Waals surface area (Å²) >= 11 is 6.08. The van der Waals surface area contributed by atoms with E-state index in [2.05, 4.69) is 5.32 Å². The Hall–Kier alpha value is -2.32. The maximum atomic E-state index is 12.9. The zero-order valence-corrected chi connectivity index (χ0v) is 16.6. The third-order valence-corrected chi connectivity index (χ3v) is 5.40. The van der Waals surface area contributed by atoms with Gasteiger partial charge in [-0.25, -0.2) is 12.8 Å². The minimum absolute atomic E-state index is 0.143. The summed E-state index contributed by atoms with van der Waals surface area (Å²) < 4.78 is 43.6. The number of carbonyl (C=O) groups excluding carboxylic acids is 1. The van der Waals surface area contributed by atoms with Crippen molar-refractivity contribution < 1.29 is 22.3 Å². The lowest BCUT2D eigenvalue weighted by atomic mass is 10.2. The maximum absolute atomic E-state index is 12.9. The Morgan fingerprint density at radius 2 is 1.89 bits per heavy atom. The number of rotatable bonds is 7. The summed E-state index contributed by atoms with van der Waals surface area (Å²) in [7, 11) is -2.32. The highest BCUT2D eigenvalue weighted by atomic mass is 35.5. The molecule has 2 rings (SSSR count). The Balaban J connectivity index is 2.21. The van der Waals surface area contributed by atoms with Crippen molar-refractivity contribution in [2.75, 3.05) is 17.7 Å². The Morgan fingerprint density at radius 3 is 2.41 bits per heavy atom. The monoisotopic (exact) mass is 414 g/mol. The highest BCUT2D eigenvalue weighted by Gasteiger charge is 2.29. The van der Waals surface area contributed by atoms with E-state index in [1.54, 1.807) is 0 Å². The van der Waals surface area contributed by atoms with Gasteiger partial charge in [0.15, 0.2) is 0 Å². The summed E-state index contributed by atoms with van der Waals surface area (Å²) in [5.74, 6) is -0.489. The molecule has 0 aliphatic carbocycles. The minimum atomic E-state index is -3.76. The van der Waals surface area contributed by atoms with Crippen LogP contribution in [0.3, 0.4) is 0 Å². The van der Waals surface area contributed by atoms with E-state index in [0.29, 0.717) is 11.3 Å². The van der Waals surface area contributed by atoms with Crippen LogP contribution in [0.25, 0.3) is 0 Å². The van der Waals surface area contributed by atoms with Gasteiger partial charge in [0.1, 0.15) is 17.6 Å². The lowest BCUT2D eigenvalue weighted by Crippen LogP contribution is -2.47. The van der Waals surface area contributed by atoms with Gasteiger partial charge >= 0.3 is 0 Å². The molecule has 27 heavy (non-hydrogen) atoms.